The Kier molecular flexibility index (Phi) is 5.08. The molecule has 8 nitrogen and oxygen atoms in total. The number of nitro groups is 1. The molecule has 0 aliphatic heterocycles. The van der Waals surface area contributed by atoms with E-state index in [0.29, 0.717) is 11.3 Å². The molecule has 8 heteroatoms. The first-order valence-electron chi connectivity index (χ1n) is 8.29. The van der Waals surface area contributed by atoms with Gasteiger partial charge >= 0.3 is 0 Å². The summed E-state index contributed by atoms with van der Waals surface area (Å²) in [4.78, 5) is 22.7. The zero-order chi connectivity index (χ0) is 17.8. The molecule has 132 valence electrons. The number of nitro benzene ring substituents is 1. The van der Waals surface area contributed by atoms with Gasteiger partial charge in [0.25, 0.3) is 11.6 Å². The van der Waals surface area contributed by atoms with Gasteiger partial charge < -0.3 is 10.4 Å². The lowest BCUT2D eigenvalue weighted by atomic mass is 9.85. The van der Waals surface area contributed by atoms with Gasteiger partial charge in [0.05, 0.1) is 22.4 Å². The van der Waals surface area contributed by atoms with Gasteiger partial charge in [-0.05, 0) is 25.0 Å². The number of aliphatic hydroxyl groups is 1. The van der Waals surface area contributed by atoms with Crippen LogP contribution in [0.4, 0.5) is 5.69 Å². The average molecular weight is 344 g/mol. The van der Waals surface area contributed by atoms with Crippen LogP contribution in [0.25, 0.3) is 5.69 Å². The molecule has 0 radical (unpaired) electrons. The Morgan fingerprint density at radius 3 is 2.72 bits per heavy atom. The van der Waals surface area contributed by atoms with Crippen LogP contribution in [0.2, 0.25) is 0 Å². The standard InChI is InChI=1S/C17H20N4O4/c22-11-12-3-1-2-4-16(12)19-17(23)13-9-18-20(10-13)14-5-7-15(8-6-14)21(24)25/h5-10,12,16,22H,1-4,11H2,(H,19,23). The van der Waals surface area contributed by atoms with Gasteiger partial charge in [-0.2, -0.15) is 5.10 Å². The van der Waals surface area contributed by atoms with Crippen LogP contribution < -0.4 is 5.32 Å². The Hall–Kier alpha value is -2.74. The van der Waals surface area contributed by atoms with E-state index in [0.717, 1.165) is 25.7 Å². The van der Waals surface area contributed by atoms with Crippen molar-refractivity contribution in [1.82, 2.24) is 15.1 Å². The molecule has 1 aliphatic rings. The summed E-state index contributed by atoms with van der Waals surface area (Å²) < 4.78 is 1.50. The molecule has 1 heterocycles. The second-order valence-corrected chi connectivity index (χ2v) is 6.25. The summed E-state index contributed by atoms with van der Waals surface area (Å²) in [5, 5.41) is 27.3. The van der Waals surface area contributed by atoms with E-state index in [4.69, 9.17) is 0 Å². The van der Waals surface area contributed by atoms with Crippen molar-refractivity contribution in [1.29, 1.82) is 0 Å². The summed E-state index contributed by atoms with van der Waals surface area (Å²) in [6.45, 7) is 0.0764. The fourth-order valence-corrected chi connectivity index (χ4v) is 3.18. The molecule has 1 aromatic carbocycles. The number of nitrogens with zero attached hydrogens (tertiary/aromatic N) is 3. The number of rotatable bonds is 5. The number of amides is 1. The minimum Gasteiger partial charge on any atom is -0.396 e. The summed E-state index contributed by atoms with van der Waals surface area (Å²) in [5.41, 5.74) is 1.05. The smallest absolute Gasteiger partial charge is 0.269 e. The molecule has 0 spiro atoms. The van der Waals surface area contributed by atoms with Crippen molar-refractivity contribution in [2.75, 3.05) is 6.61 Å². The quantitative estimate of drug-likeness (QED) is 0.637. The first kappa shape index (κ1) is 17.1. The van der Waals surface area contributed by atoms with Crippen molar-refractivity contribution in [2.24, 2.45) is 5.92 Å². The minimum atomic E-state index is -0.465. The first-order valence-corrected chi connectivity index (χ1v) is 8.29. The molecule has 0 bridgehead atoms. The highest BCUT2D eigenvalue weighted by Gasteiger charge is 2.26. The van der Waals surface area contributed by atoms with Crippen LogP contribution in [0.15, 0.2) is 36.7 Å². The number of aliphatic hydroxyl groups excluding tert-OH is 1. The molecule has 2 unspecified atom stereocenters. The van der Waals surface area contributed by atoms with Crippen molar-refractivity contribution in [2.45, 2.75) is 31.7 Å². The maximum absolute atomic E-state index is 12.4. The first-order chi connectivity index (χ1) is 12.1. The molecule has 1 amide bonds. The third-order valence-electron chi connectivity index (χ3n) is 4.63. The van der Waals surface area contributed by atoms with Crippen LogP contribution in [0.5, 0.6) is 0 Å². The van der Waals surface area contributed by atoms with E-state index >= 15 is 0 Å². The molecule has 1 aromatic heterocycles. The molecule has 2 aromatic rings. The fourth-order valence-electron chi connectivity index (χ4n) is 3.18. The van der Waals surface area contributed by atoms with Crippen LogP contribution in [0.1, 0.15) is 36.0 Å². The van der Waals surface area contributed by atoms with Crippen molar-refractivity contribution in [3.63, 3.8) is 0 Å². The third-order valence-corrected chi connectivity index (χ3v) is 4.63. The lowest BCUT2D eigenvalue weighted by Gasteiger charge is -2.30. The number of nitrogens with one attached hydrogen (secondary N) is 1. The van der Waals surface area contributed by atoms with Crippen molar-refractivity contribution < 1.29 is 14.8 Å². The number of aromatic nitrogens is 2. The monoisotopic (exact) mass is 344 g/mol. The lowest BCUT2D eigenvalue weighted by molar-refractivity contribution is -0.384. The second kappa shape index (κ2) is 7.43. The molecule has 3 rings (SSSR count). The molecule has 2 N–H and O–H groups in total. The average Bonchev–Trinajstić information content (AvgIpc) is 3.12. The zero-order valence-corrected chi connectivity index (χ0v) is 13.7. The van der Waals surface area contributed by atoms with E-state index in [2.05, 4.69) is 10.4 Å². The number of hydrogen-bond acceptors (Lipinski definition) is 5. The highest BCUT2D eigenvalue weighted by atomic mass is 16.6. The Balaban J connectivity index is 1.70. The van der Waals surface area contributed by atoms with Gasteiger partial charge in [-0.3, -0.25) is 14.9 Å². The molecule has 1 fully saturated rings. The Morgan fingerprint density at radius 1 is 1.32 bits per heavy atom. The lowest BCUT2D eigenvalue weighted by Crippen LogP contribution is -2.43. The molecule has 2 atom stereocenters. The van der Waals surface area contributed by atoms with Gasteiger partial charge in [0.1, 0.15) is 0 Å². The predicted octanol–water partition coefficient (Wildman–Crippen LogP) is 2.06. The normalized spacial score (nSPS) is 20.2. The highest BCUT2D eigenvalue weighted by molar-refractivity contribution is 5.94. The fraction of sp³-hybridized carbons (Fsp3) is 0.412. The van der Waals surface area contributed by atoms with Crippen LogP contribution >= 0.6 is 0 Å². The molecular formula is C17H20N4O4. The predicted molar refractivity (Wildman–Crippen MR) is 90.5 cm³/mol. The van der Waals surface area contributed by atoms with Crippen molar-refractivity contribution in [3.05, 3.63) is 52.3 Å². The minimum absolute atomic E-state index is 0.00113. The second-order valence-electron chi connectivity index (χ2n) is 6.25. The SMILES string of the molecule is O=C(NC1CCCCC1CO)c1cnn(-c2ccc([N+](=O)[O-])cc2)c1. The number of hydrogen-bond donors (Lipinski definition) is 2. The van der Waals surface area contributed by atoms with Crippen LogP contribution in [-0.2, 0) is 0 Å². The Labute approximate surface area is 144 Å². The molecule has 1 saturated carbocycles. The van der Waals surface area contributed by atoms with Crippen LogP contribution in [0, 0.1) is 16.0 Å². The summed E-state index contributed by atoms with van der Waals surface area (Å²) in [6.07, 6.45) is 6.97. The number of carbonyl (C=O) groups is 1. The zero-order valence-electron chi connectivity index (χ0n) is 13.7. The molecule has 25 heavy (non-hydrogen) atoms. The van der Waals surface area contributed by atoms with E-state index in [1.165, 1.54) is 23.0 Å². The molecule has 1 aliphatic carbocycles. The summed E-state index contributed by atoms with van der Waals surface area (Å²) in [5.74, 6) is -0.124. The number of carbonyl (C=O) groups excluding carboxylic acids is 1. The maximum Gasteiger partial charge on any atom is 0.269 e. The van der Waals surface area contributed by atoms with Gasteiger partial charge in [-0.15, -0.1) is 0 Å². The highest BCUT2D eigenvalue weighted by Crippen LogP contribution is 2.24. The Morgan fingerprint density at radius 2 is 2.04 bits per heavy atom. The van der Waals surface area contributed by atoms with Crippen molar-refractivity contribution in [3.8, 4) is 5.69 Å². The Bertz CT molecular complexity index is 756. The van der Waals surface area contributed by atoms with Gasteiger partial charge in [0, 0.05) is 36.9 Å². The van der Waals surface area contributed by atoms with Gasteiger partial charge in [-0.25, -0.2) is 4.68 Å². The van der Waals surface area contributed by atoms with E-state index in [-0.39, 0.29) is 30.2 Å². The van der Waals surface area contributed by atoms with E-state index in [1.54, 1.807) is 18.3 Å². The van der Waals surface area contributed by atoms with Crippen LogP contribution in [-0.4, -0.2) is 38.4 Å². The van der Waals surface area contributed by atoms with Gasteiger partial charge in [0.15, 0.2) is 0 Å². The number of non-ortho nitro benzene ring substituents is 1. The van der Waals surface area contributed by atoms with Crippen molar-refractivity contribution >= 4 is 11.6 Å². The van der Waals surface area contributed by atoms with E-state index in [9.17, 15) is 20.0 Å². The topological polar surface area (TPSA) is 110 Å². The summed E-state index contributed by atoms with van der Waals surface area (Å²) in [6, 6.07) is 5.93. The molecule has 0 saturated heterocycles. The van der Waals surface area contributed by atoms with E-state index < -0.39 is 4.92 Å². The maximum atomic E-state index is 12.4. The van der Waals surface area contributed by atoms with Gasteiger partial charge in [-0.1, -0.05) is 12.8 Å². The largest absolute Gasteiger partial charge is 0.396 e. The molecular weight excluding hydrogens is 324 g/mol. The number of benzene rings is 1. The summed E-state index contributed by atoms with van der Waals surface area (Å²) in [7, 11) is 0. The third kappa shape index (κ3) is 3.85. The van der Waals surface area contributed by atoms with Crippen LogP contribution in [0.3, 0.4) is 0 Å². The van der Waals surface area contributed by atoms with Gasteiger partial charge in [0.2, 0.25) is 0 Å². The summed E-state index contributed by atoms with van der Waals surface area (Å²) >= 11 is 0. The van der Waals surface area contributed by atoms with E-state index in [1.807, 2.05) is 0 Å².